The molecule has 3 aromatic rings. The van der Waals surface area contributed by atoms with E-state index in [0.29, 0.717) is 19.6 Å². The van der Waals surface area contributed by atoms with Gasteiger partial charge in [-0.3, -0.25) is 0 Å². The van der Waals surface area contributed by atoms with Crippen LogP contribution >= 0.6 is 24.0 Å². The van der Waals surface area contributed by atoms with E-state index in [1.807, 2.05) is 54.9 Å². The number of nitrogens with one attached hydrogen (secondary N) is 2. The fourth-order valence-electron chi connectivity index (χ4n) is 2.83. The Morgan fingerprint density at radius 2 is 1.70 bits per heavy atom. The molecule has 30 heavy (non-hydrogen) atoms. The van der Waals surface area contributed by atoms with Crippen molar-refractivity contribution in [1.29, 1.82) is 0 Å². The molecule has 0 aliphatic heterocycles. The highest BCUT2D eigenvalue weighted by Crippen LogP contribution is 2.12. The van der Waals surface area contributed by atoms with Gasteiger partial charge in [-0.25, -0.2) is 4.99 Å². The Morgan fingerprint density at radius 1 is 1.00 bits per heavy atom. The zero-order valence-corrected chi connectivity index (χ0v) is 20.2. The lowest BCUT2D eigenvalue weighted by atomic mass is 10.1. The molecule has 8 heteroatoms. The van der Waals surface area contributed by atoms with Crippen molar-refractivity contribution in [2.24, 2.45) is 12.0 Å². The third-order valence-corrected chi connectivity index (χ3v) is 4.88. The van der Waals surface area contributed by atoms with E-state index in [0.717, 1.165) is 28.9 Å². The number of hydrogen-bond acceptors (Lipinski definition) is 4. The Hall–Kier alpha value is -2.62. The van der Waals surface area contributed by atoms with Crippen LogP contribution in [-0.2, 0) is 26.7 Å². The Kier molecular flexibility index (Phi) is 9.10. The first kappa shape index (κ1) is 23.7. The first-order valence-corrected chi connectivity index (χ1v) is 9.61. The van der Waals surface area contributed by atoms with Gasteiger partial charge in [-0.15, -0.1) is 34.2 Å². The molecule has 0 spiro atoms. The van der Waals surface area contributed by atoms with Crippen molar-refractivity contribution in [2.45, 2.75) is 33.5 Å². The SMILES string of the molecule is COc1ccc(CN=C(NCc2ccccc2C)NCc2nnc(C)n2C)cc1.I. The van der Waals surface area contributed by atoms with E-state index in [9.17, 15) is 0 Å². The number of aliphatic imine (C=N–C) groups is 1. The zero-order chi connectivity index (χ0) is 20.6. The number of hydrogen-bond donors (Lipinski definition) is 2. The molecule has 0 atom stereocenters. The van der Waals surface area contributed by atoms with Crippen LogP contribution in [-0.4, -0.2) is 27.8 Å². The van der Waals surface area contributed by atoms with Gasteiger partial charge in [0, 0.05) is 13.6 Å². The van der Waals surface area contributed by atoms with E-state index < -0.39 is 0 Å². The number of aryl methyl sites for hydroxylation is 2. The molecule has 0 unspecified atom stereocenters. The van der Waals surface area contributed by atoms with Crippen LogP contribution in [0.15, 0.2) is 53.5 Å². The van der Waals surface area contributed by atoms with Crippen LogP contribution < -0.4 is 15.4 Å². The molecule has 7 nitrogen and oxygen atoms in total. The number of aromatic nitrogens is 3. The maximum absolute atomic E-state index is 5.22. The molecule has 0 bridgehead atoms. The molecular weight excluding hydrogens is 491 g/mol. The third kappa shape index (κ3) is 6.45. The molecule has 0 saturated carbocycles. The van der Waals surface area contributed by atoms with E-state index in [1.54, 1.807) is 7.11 Å². The van der Waals surface area contributed by atoms with Crippen molar-refractivity contribution in [2.75, 3.05) is 7.11 Å². The van der Waals surface area contributed by atoms with Gasteiger partial charge in [0.2, 0.25) is 0 Å². The number of guanidine groups is 1. The molecule has 0 amide bonds. The molecule has 0 aliphatic carbocycles. The smallest absolute Gasteiger partial charge is 0.192 e. The lowest BCUT2D eigenvalue weighted by Gasteiger charge is -2.14. The minimum atomic E-state index is 0. The van der Waals surface area contributed by atoms with Crippen molar-refractivity contribution in [3.05, 3.63) is 76.9 Å². The second-order valence-electron chi connectivity index (χ2n) is 6.87. The van der Waals surface area contributed by atoms with Gasteiger partial charge in [0.1, 0.15) is 11.6 Å². The lowest BCUT2D eigenvalue weighted by Crippen LogP contribution is -2.37. The highest BCUT2D eigenvalue weighted by atomic mass is 127. The monoisotopic (exact) mass is 520 g/mol. The standard InChI is InChI=1S/C22H28N6O.HI/c1-16-7-5-6-8-19(16)14-24-22(25-15-21-27-26-17(2)28(21)3)23-13-18-9-11-20(29-4)12-10-18;/h5-12H,13-15H2,1-4H3,(H2,23,24,25);1H. The molecule has 2 aromatic carbocycles. The molecule has 0 radical (unpaired) electrons. The van der Waals surface area contributed by atoms with E-state index in [1.165, 1.54) is 11.1 Å². The van der Waals surface area contributed by atoms with Crippen molar-refractivity contribution in [1.82, 2.24) is 25.4 Å². The van der Waals surface area contributed by atoms with Crippen LogP contribution in [0.2, 0.25) is 0 Å². The third-order valence-electron chi connectivity index (χ3n) is 4.88. The van der Waals surface area contributed by atoms with Gasteiger partial charge in [-0.1, -0.05) is 36.4 Å². The van der Waals surface area contributed by atoms with Crippen LogP contribution in [0, 0.1) is 13.8 Å². The van der Waals surface area contributed by atoms with E-state index in [-0.39, 0.29) is 24.0 Å². The van der Waals surface area contributed by atoms with Gasteiger partial charge in [-0.2, -0.15) is 0 Å². The van der Waals surface area contributed by atoms with Crippen molar-refractivity contribution in [3.8, 4) is 5.75 Å². The number of methoxy groups -OCH3 is 1. The molecule has 0 saturated heterocycles. The normalized spacial score (nSPS) is 11.0. The molecule has 1 aromatic heterocycles. The van der Waals surface area contributed by atoms with Crippen molar-refractivity contribution < 1.29 is 4.74 Å². The van der Waals surface area contributed by atoms with E-state index >= 15 is 0 Å². The molecule has 1 heterocycles. The second kappa shape index (κ2) is 11.5. The quantitative estimate of drug-likeness (QED) is 0.284. The average Bonchev–Trinajstić information content (AvgIpc) is 3.06. The summed E-state index contributed by atoms with van der Waals surface area (Å²) in [6, 6.07) is 16.3. The predicted molar refractivity (Wildman–Crippen MR) is 130 cm³/mol. The number of halogens is 1. The largest absolute Gasteiger partial charge is 0.497 e. The topological polar surface area (TPSA) is 76.4 Å². The molecular formula is C22H29IN6O. The zero-order valence-electron chi connectivity index (χ0n) is 17.8. The summed E-state index contributed by atoms with van der Waals surface area (Å²) < 4.78 is 7.19. The molecule has 3 rings (SSSR count). The minimum absolute atomic E-state index is 0. The summed E-state index contributed by atoms with van der Waals surface area (Å²) in [6.45, 7) is 5.84. The predicted octanol–water partition coefficient (Wildman–Crippen LogP) is 3.49. The summed E-state index contributed by atoms with van der Waals surface area (Å²) in [5, 5.41) is 15.1. The van der Waals surface area contributed by atoms with Gasteiger partial charge in [0.05, 0.1) is 20.2 Å². The Morgan fingerprint density at radius 3 is 2.33 bits per heavy atom. The van der Waals surface area contributed by atoms with Gasteiger partial charge < -0.3 is 19.9 Å². The number of ether oxygens (including phenoxy) is 1. The summed E-state index contributed by atoms with van der Waals surface area (Å²) in [5.41, 5.74) is 3.59. The first-order valence-electron chi connectivity index (χ1n) is 9.61. The Balaban J connectivity index is 0.00000320. The van der Waals surface area contributed by atoms with Crippen molar-refractivity contribution >= 4 is 29.9 Å². The lowest BCUT2D eigenvalue weighted by molar-refractivity contribution is 0.414. The maximum Gasteiger partial charge on any atom is 0.192 e. The Bertz CT molecular complexity index is 968. The number of benzene rings is 2. The molecule has 160 valence electrons. The van der Waals surface area contributed by atoms with Gasteiger partial charge in [0.15, 0.2) is 11.8 Å². The summed E-state index contributed by atoms with van der Waals surface area (Å²) in [4.78, 5) is 4.74. The van der Waals surface area contributed by atoms with Gasteiger partial charge >= 0.3 is 0 Å². The van der Waals surface area contributed by atoms with E-state index in [4.69, 9.17) is 9.73 Å². The summed E-state index contributed by atoms with van der Waals surface area (Å²) in [7, 11) is 3.63. The summed E-state index contributed by atoms with van der Waals surface area (Å²) >= 11 is 0. The van der Waals surface area contributed by atoms with Crippen LogP contribution in [0.1, 0.15) is 28.3 Å². The molecule has 2 N–H and O–H groups in total. The van der Waals surface area contributed by atoms with Gasteiger partial charge in [0.25, 0.3) is 0 Å². The van der Waals surface area contributed by atoms with Crippen LogP contribution in [0.3, 0.4) is 0 Å². The van der Waals surface area contributed by atoms with Crippen molar-refractivity contribution in [3.63, 3.8) is 0 Å². The summed E-state index contributed by atoms with van der Waals surface area (Å²) in [5.74, 6) is 3.31. The van der Waals surface area contributed by atoms with Gasteiger partial charge in [-0.05, 0) is 42.7 Å². The Labute approximate surface area is 195 Å². The molecule has 0 fully saturated rings. The second-order valence-corrected chi connectivity index (χ2v) is 6.87. The fourth-order valence-corrected chi connectivity index (χ4v) is 2.83. The van der Waals surface area contributed by atoms with E-state index in [2.05, 4.69) is 39.9 Å². The highest BCUT2D eigenvalue weighted by molar-refractivity contribution is 14.0. The molecule has 0 aliphatic rings. The maximum atomic E-state index is 5.22. The first-order chi connectivity index (χ1) is 14.1. The van der Waals surface area contributed by atoms with Crippen LogP contribution in [0.4, 0.5) is 0 Å². The average molecular weight is 520 g/mol. The van der Waals surface area contributed by atoms with Crippen LogP contribution in [0.5, 0.6) is 5.75 Å². The summed E-state index contributed by atoms with van der Waals surface area (Å²) in [6.07, 6.45) is 0. The highest BCUT2D eigenvalue weighted by Gasteiger charge is 2.07. The number of rotatable bonds is 7. The van der Waals surface area contributed by atoms with Crippen LogP contribution in [0.25, 0.3) is 0 Å². The minimum Gasteiger partial charge on any atom is -0.497 e. The number of nitrogens with zero attached hydrogens (tertiary/aromatic N) is 4. The fraction of sp³-hybridized carbons (Fsp3) is 0.318.